The molecule has 4 rings (SSSR count). The van der Waals surface area contributed by atoms with Gasteiger partial charge < -0.3 is 10.5 Å². The lowest BCUT2D eigenvalue weighted by Crippen LogP contribution is -2.69. The van der Waals surface area contributed by atoms with E-state index in [0.29, 0.717) is 22.9 Å². The minimum absolute atomic E-state index is 0.371. The van der Waals surface area contributed by atoms with Crippen molar-refractivity contribution in [1.82, 2.24) is 14.7 Å². The van der Waals surface area contributed by atoms with E-state index in [9.17, 15) is 0 Å². The van der Waals surface area contributed by atoms with Gasteiger partial charge in [-0.3, -0.25) is 9.58 Å². The summed E-state index contributed by atoms with van der Waals surface area (Å²) in [5.74, 6) is 0.401. The van der Waals surface area contributed by atoms with E-state index in [-0.39, 0.29) is 0 Å². The van der Waals surface area contributed by atoms with E-state index in [1.807, 2.05) is 6.20 Å². The summed E-state index contributed by atoms with van der Waals surface area (Å²) in [6.45, 7) is 11.1. The van der Waals surface area contributed by atoms with Crippen LogP contribution < -0.4 is 5.73 Å². The molecule has 0 radical (unpaired) electrons. The molecule has 0 bridgehead atoms. The van der Waals surface area contributed by atoms with Crippen LogP contribution in [-0.4, -0.2) is 46.5 Å². The summed E-state index contributed by atoms with van der Waals surface area (Å²) in [7, 11) is 0. The van der Waals surface area contributed by atoms with E-state index in [2.05, 4.69) is 30.4 Å². The van der Waals surface area contributed by atoms with Crippen molar-refractivity contribution in [2.24, 2.45) is 5.41 Å². The number of ether oxygens (including phenoxy) is 1. The van der Waals surface area contributed by atoms with Gasteiger partial charge in [-0.25, -0.2) is 0 Å². The molecule has 3 heterocycles. The first-order valence-corrected chi connectivity index (χ1v) is 9.08. The van der Waals surface area contributed by atoms with Gasteiger partial charge in [0.15, 0.2) is 0 Å². The summed E-state index contributed by atoms with van der Waals surface area (Å²) in [6, 6.07) is 0.550. The Morgan fingerprint density at radius 1 is 1.26 bits per heavy atom. The molecule has 0 unspecified atom stereocenters. The first-order chi connectivity index (χ1) is 10.9. The molecule has 2 aliphatic heterocycles. The molecule has 0 atom stereocenters. The molecule has 2 N–H and O–H groups in total. The van der Waals surface area contributed by atoms with Gasteiger partial charge >= 0.3 is 0 Å². The second kappa shape index (κ2) is 5.21. The van der Waals surface area contributed by atoms with E-state index in [1.165, 1.54) is 38.8 Å². The lowest BCUT2D eigenvalue weighted by Gasteiger charge is -2.64. The Kier molecular flexibility index (Phi) is 3.50. The molecule has 1 aromatic rings. The quantitative estimate of drug-likeness (QED) is 0.931. The third kappa shape index (κ3) is 2.49. The van der Waals surface area contributed by atoms with Crippen molar-refractivity contribution in [2.75, 3.05) is 32.0 Å². The second-order valence-electron chi connectivity index (χ2n) is 8.63. The highest BCUT2D eigenvalue weighted by molar-refractivity contribution is 5.42. The second-order valence-corrected chi connectivity index (χ2v) is 8.63. The zero-order valence-corrected chi connectivity index (χ0v) is 14.7. The van der Waals surface area contributed by atoms with Crippen LogP contribution in [0.3, 0.4) is 0 Å². The summed E-state index contributed by atoms with van der Waals surface area (Å²) in [5, 5.41) is 4.74. The van der Waals surface area contributed by atoms with E-state index >= 15 is 0 Å². The molecule has 0 amide bonds. The summed E-state index contributed by atoms with van der Waals surface area (Å²) in [4.78, 5) is 2.70. The summed E-state index contributed by atoms with van der Waals surface area (Å²) in [6.07, 6.45) is 6.92. The smallest absolute Gasteiger partial charge is 0.0879 e. The molecular weight excluding hydrogens is 288 g/mol. The number of likely N-dealkylation sites (tertiary alicyclic amines) is 1. The molecule has 23 heavy (non-hydrogen) atoms. The van der Waals surface area contributed by atoms with Crippen molar-refractivity contribution in [3.8, 4) is 0 Å². The normalized spacial score (nSPS) is 27.1. The van der Waals surface area contributed by atoms with Gasteiger partial charge in [0.25, 0.3) is 0 Å². The highest BCUT2D eigenvalue weighted by Gasteiger charge is 2.56. The Hall–Kier alpha value is -1.07. The van der Waals surface area contributed by atoms with E-state index < -0.39 is 0 Å². The van der Waals surface area contributed by atoms with Crippen LogP contribution in [0, 0.1) is 5.41 Å². The van der Waals surface area contributed by atoms with Crippen LogP contribution in [-0.2, 0) is 4.74 Å². The average Bonchev–Trinajstić information content (AvgIpc) is 2.78. The van der Waals surface area contributed by atoms with Gasteiger partial charge in [0.05, 0.1) is 17.4 Å². The summed E-state index contributed by atoms with van der Waals surface area (Å²) < 4.78 is 7.67. The van der Waals surface area contributed by atoms with Crippen LogP contribution in [0.2, 0.25) is 0 Å². The van der Waals surface area contributed by atoms with Crippen molar-refractivity contribution in [3.05, 3.63) is 11.9 Å². The van der Waals surface area contributed by atoms with Gasteiger partial charge in [-0.2, -0.15) is 5.10 Å². The highest BCUT2D eigenvalue weighted by Crippen LogP contribution is 2.56. The topological polar surface area (TPSA) is 56.3 Å². The van der Waals surface area contributed by atoms with Crippen molar-refractivity contribution in [2.45, 2.75) is 64.0 Å². The standard InChI is InChI=1S/C18H30N4O/c1-13(2)16-15(19)10-22(20-16)14-8-18(9-14)11-21(12-18)17(3)4-6-23-7-5-17/h10,13-14H,4-9,11-12,19H2,1-3H3. The first-order valence-electron chi connectivity index (χ1n) is 9.08. The Labute approximate surface area is 139 Å². The number of hydrogen-bond donors (Lipinski definition) is 1. The molecule has 3 fully saturated rings. The number of hydrogen-bond acceptors (Lipinski definition) is 4. The van der Waals surface area contributed by atoms with Crippen molar-refractivity contribution in [1.29, 1.82) is 0 Å². The lowest BCUT2D eigenvalue weighted by atomic mass is 9.59. The molecular formula is C18H30N4O. The SMILES string of the molecule is CC(C)c1nn(C2CC3(C2)CN(C2(C)CCOCC2)C3)cc1N. The molecule has 2 saturated heterocycles. The zero-order valence-electron chi connectivity index (χ0n) is 14.7. The van der Waals surface area contributed by atoms with Gasteiger partial charge in [0.1, 0.15) is 0 Å². The fraction of sp³-hybridized carbons (Fsp3) is 0.833. The summed E-state index contributed by atoms with van der Waals surface area (Å²) >= 11 is 0. The van der Waals surface area contributed by atoms with Gasteiger partial charge in [-0.05, 0) is 43.9 Å². The third-order valence-electron chi connectivity index (χ3n) is 6.43. The van der Waals surface area contributed by atoms with Gasteiger partial charge in [-0.15, -0.1) is 0 Å². The van der Waals surface area contributed by atoms with Crippen LogP contribution >= 0.6 is 0 Å². The number of anilines is 1. The maximum atomic E-state index is 6.11. The zero-order chi connectivity index (χ0) is 16.2. The monoisotopic (exact) mass is 318 g/mol. The lowest BCUT2D eigenvalue weighted by molar-refractivity contribution is -0.156. The van der Waals surface area contributed by atoms with Gasteiger partial charge in [0.2, 0.25) is 0 Å². The largest absolute Gasteiger partial charge is 0.396 e. The van der Waals surface area contributed by atoms with E-state index in [1.54, 1.807) is 0 Å². The minimum atomic E-state index is 0.371. The molecule has 1 saturated carbocycles. The van der Waals surface area contributed by atoms with Crippen LogP contribution in [0.5, 0.6) is 0 Å². The van der Waals surface area contributed by atoms with Crippen LogP contribution in [0.4, 0.5) is 5.69 Å². The Balaban J connectivity index is 1.35. The van der Waals surface area contributed by atoms with Crippen LogP contribution in [0.1, 0.15) is 64.1 Å². The minimum Gasteiger partial charge on any atom is -0.396 e. The highest BCUT2D eigenvalue weighted by atomic mass is 16.5. The molecule has 5 nitrogen and oxygen atoms in total. The van der Waals surface area contributed by atoms with Gasteiger partial charge in [0, 0.05) is 38.0 Å². The number of nitrogens with zero attached hydrogens (tertiary/aromatic N) is 3. The molecule has 1 aliphatic carbocycles. The maximum absolute atomic E-state index is 6.11. The number of aromatic nitrogens is 2. The fourth-order valence-electron chi connectivity index (χ4n) is 4.71. The Bertz CT molecular complexity index is 574. The predicted molar refractivity (Wildman–Crippen MR) is 91.5 cm³/mol. The van der Waals surface area contributed by atoms with Crippen LogP contribution in [0.25, 0.3) is 0 Å². The third-order valence-corrected chi connectivity index (χ3v) is 6.43. The molecule has 5 heteroatoms. The maximum Gasteiger partial charge on any atom is 0.0879 e. The predicted octanol–water partition coefficient (Wildman–Crippen LogP) is 2.79. The first kappa shape index (κ1) is 15.5. The molecule has 3 aliphatic rings. The molecule has 1 aromatic heterocycles. The van der Waals surface area contributed by atoms with Crippen molar-refractivity contribution < 1.29 is 4.74 Å². The Morgan fingerprint density at radius 2 is 1.91 bits per heavy atom. The molecule has 128 valence electrons. The van der Waals surface area contributed by atoms with Crippen LogP contribution in [0.15, 0.2) is 6.20 Å². The molecule has 1 spiro atoms. The fourth-order valence-corrected chi connectivity index (χ4v) is 4.71. The number of rotatable bonds is 3. The van der Waals surface area contributed by atoms with E-state index in [0.717, 1.165) is 24.6 Å². The number of nitrogens with two attached hydrogens (primary N) is 1. The van der Waals surface area contributed by atoms with Gasteiger partial charge in [-0.1, -0.05) is 13.8 Å². The number of nitrogen functional groups attached to an aromatic ring is 1. The van der Waals surface area contributed by atoms with E-state index in [4.69, 9.17) is 15.6 Å². The molecule has 0 aromatic carbocycles. The van der Waals surface area contributed by atoms with Crippen molar-refractivity contribution >= 4 is 5.69 Å². The summed E-state index contributed by atoms with van der Waals surface area (Å²) in [5.41, 5.74) is 8.93. The van der Waals surface area contributed by atoms with Crippen molar-refractivity contribution in [3.63, 3.8) is 0 Å². The Morgan fingerprint density at radius 3 is 2.48 bits per heavy atom. The average molecular weight is 318 g/mol.